The monoisotopic (exact) mass is 261 g/mol. The third kappa shape index (κ3) is 1.34. The Morgan fingerprint density at radius 3 is 3.36 bits per heavy atom. The van der Waals surface area contributed by atoms with E-state index in [-0.39, 0.29) is 21.2 Å². The van der Waals surface area contributed by atoms with Crippen molar-refractivity contribution in [3.05, 3.63) is 21.9 Å². The Bertz CT molecular complexity index is 253. The summed E-state index contributed by atoms with van der Waals surface area (Å²) in [6.07, 6.45) is 6.60. The van der Waals surface area contributed by atoms with Crippen molar-refractivity contribution in [1.29, 1.82) is 0 Å². The summed E-state index contributed by atoms with van der Waals surface area (Å²) in [6, 6.07) is 0. The molecule has 0 unspecified atom stereocenters. The molecule has 0 aromatic rings. The van der Waals surface area contributed by atoms with E-state index in [9.17, 15) is 0 Å². The molecule has 0 aliphatic carbocycles. The molecule has 2 aliphatic rings. The fourth-order valence-corrected chi connectivity index (χ4v) is 2.32. The summed E-state index contributed by atoms with van der Waals surface area (Å²) in [5.41, 5.74) is 0. The SMILES string of the molecule is C[I-]C1=CC2=NCCN2C=C1. The Morgan fingerprint density at radius 2 is 2.55 bits per heavy atom. The molecule has 60 valence electrons. The summed E-state index contributed by atoms with van der Waals surface area (Å²) >= 11 is 0.228. The number of fused-ring (bicyclic) bond motifs is 1. The van der Waals surface area contributed by atoms with Gasteiger partial charge in [0.05, 0.1) is 0 Å². The zero-order valence-corrected chi connectivity index (χ0v) is 8.58. The van der Waals surface area contributed by atoms with E-state index < -0.39 is 0 Å². The van der Waals surface area contributed by atoms with Crippen LogP contribution in [0.3, 0.4) is 0 Å². The molecular weight excluding hydrogens is 251 g/mol. The fraction of sp³-hybridized carbons (Fsp3) is 0.375. The molecule has 0 aromatic carbocycles. The topological polar surface area (TPSA) is 15.6 Å². The number of halogens is 1. The minimum atomic E-state index is 0.228. The summed E-state index contributed by atoms with van der Waals surface area (Å²) in [6.45, 7) is 2.03. The van der Waals surface area contributed by atoms with Gasteiger partial charge in [-0.3, -0.25) is 0 Å². The molecule has 11 heavy (non-hydrogen) atoms. The van der Waals surface area contributed by atoms with Gasteiger partial charge in [-0.2, -0.15) is 0 Å². The second-order valence-corrected chi connectivity index (χ2v) is 4.79. The van der Waals surface area contributed by atoms with Crippen molar-refractivity contribution in [2.45, 2.75) is 0 Å². The molecule has 0 radical (unpaired) electrons. The summed E-state index contributed by atoms with van der Waals surface area (Å²) in [5, 5.41) is 0. The van der Waals surface area contributed by atoms with Crippen LogP contribution in [-0.2, 0) is 0 Å². The molecule has 3 heteroatoms. The van der Waals surface area contributed by atoms with Gasteiger partial charge in [0, 0.05) is 0 Å². The number of alkyl halides is 1. The van der Waals surface area contributed by atoms with Crippen LogP contribution in [0.15, 0.2) is 26.9 Å². The molecule has 0 saturated heterocycles. The average Bonchev–Trinajstić information content (AvgIpc) is 2.50. The van der Waals surface area contributed by atoms with Crippen molar-refractivity contribution in [3.8, 4) is 0 Å². The summed E-state index contributed by atoms with van der Waals surface area (Å²) in [5.74, 6) is 1.17. The number of allylic oxidation sites excluding steroid dienone is 2. The molecule has 0 bridgehead atoms. The van der Waals surface area contributed by atoms with Gasteiger partial charge in [-0.15, -0.1) is 0 Å². The van der Waals surface area contributed by atoms with Crippen LogP contribution in [0, 0.1) is 0 Å². The van der Waals surface area contributed by atoms with Gasteiger partial charge in [0.25, 0.3) is 0 Å². The van der Waals surface area contributed by atoms with Gasteiger partial charge in [-0.1, -0.05) is 0 Å². The Hall–Kier alpha value is -0.320. The molecule has 0 fully saturated rings. The van der Waals surface area contributed by atoms with Crippen LogP contribution >= 0.6 is 0 Å². The number of hydrogen-bond acceptors (Lipinski definition) is 2. The molecular formula is C8H10IN2-. The maximum atomic E-state index is 4.39. The first-order valence-electron chi connectivity index (χ1n) is 3.60. The Kier molecular flexibility index (Phi) is 1.98. The Labute approximate surface area is 76.9 Å². The van der Waals surface area contributed by atoms with Crippen LogP contribution in [0.4, 0.5) is 0 Å². The second-order valence-electron chi connectivity index (χ2n) is 2.47. The third-order valence-corrected chi connectivity index (χ3v) is 3.72. The summed E-state index contributed by atoms with van der Waals surface area (Å²) < 4.78 is 1.49. The van der Waals surface area contributed by atoms with Crippen molar-refractivity contribution < 1.29 is 21.2 Å². The summed E-state index contributed by atoms with van der Waals surface area (Å²) in [4.78, 5) is 8.88. The fourth-order valence-electron chi connectivity index (χ4n) is 1.21. The number of amidine groups is 1. The van der Waals surface area contributed by atoms with Crippen LogP contribution < -0.4 is 21.2 Å². The molecule has 2 nitrogen and oxygen atoms in total. The molecule has 2 aliphatic heterocycles. The molecule has 2 rings (SSSR count). The van der Waals surface area contributed by atoms with Crippen molar-refractivity contribution in [3.63, 3.8) is 0 Å². The second kappa shape index (κ2) is 2.97. The van der Waals surface area contributed by atoms with Crippen molar-refractivity contribution >= 4 is 5.84 Å². The van der Waals surface area contributed by atoms with Crippen molar-refractivity contribution in [2.75, 3.05) is 18.0 Å². The van der Waals surface area contributed by atoms with Gasteiger partial charge in [-0.05, 0) is 0 Å². The summed E-state index contributed by atoms with van der Waals surface area (Å²) in [7, 11) is 0. The standard InChI is InChI=1S/C8H10IN2/c1-9-7-2-4-11-5-3-10-8(11)6-7/h2,4,6H,3,5H2,1H3/q-1. The van der Waals surface area contributed by atoms with E-state index in [1.54, 1.807) is 0 Å². The normalized spacial score (nSPS) is 21.7. The number of nitrogens with zero attached hydrogens (tertiary/aromatic N) is 2. The van der Waals surface area contributed by atoms with Gasteiger partial charge in [0.2, 0.25) is 0 Å². The van der Waals surface area contributed by atoms with Crippen LogP contribution in [0.25, 0.3) is 0 Å². The van der Waals surface area contributed by atoms with Gasteiger partial charge >= 0.3 is 76.9 Å². The first-order valence-corrected chi connectivity index (χ1v) is 6.84. The molecule has 0 atom stereocenters. The molecule has 0 N–H and O–H groups in total. The van der Waals surface area contributed by atoms with Crippen molar-refractivity contribution in [1.82, 2.24) is 4.90 Å². The molecule has 0 saturated carbocycles. The van der Waals surface area contributed by atoms with Crippen molar-refractivity contribution in [2.24, 2.45) is 4.99 Å². The first-order chi connectivity index (χ1) is 5.40. The van der Waals surface area contributed by atoms with E-state index in [0.29, 0.717) is 0 Å². The zero-order valence-electron chi connectivity index (χ0n) is 6.42. The zero-order chi connectivity index (χ0) is 7.68. The van der Waals surface area contributed by atoms with Crippen LogP contribution in [-0.4, -0.2) is 28.8 Å². The van der Waals surface area contributed by atoms with Crippen LogP contribution in [0.5, 0.6) is 0 Å². The van der Waals surface area contributed by atoms with E-state index in [1.165, 1.54) is 9.42 Å². The third-order valence-electron chi connectivity index (χ3n) is 1.81. The first kappa shape index (κ1) is 7.34. The van der Waals surface area contributed by atoms with Gasteiger partial charge < -0.3 is 0 Å². The molecule has 0 aromatic heterocycles. The van der Waals surface area contributed by atoms with E-state index in [0.717, 1.165) is 13.1 Å². The number of rotatable bonds is 1. The van der Waals surface area contributed by atoms with Gasteiger partial charge in [0.1, 0.15) is 0 Å². The molecule has 2 heterocycles. The Balaban J connectivity index is 2.25. The van der Waals surface area contributed by atoms with Crippen LogP contribution in [0.2, 0.25) is 0 Å². The molecule has 0 spiro atoms. The number of aliphatic imine (C=N–C) groups is 1. The number of hydrogen-bond donors (Lipinski definition) is 0. The quantitative estimate of drug-likeness (QED) is 0.387. The van der Waals surface area contributed by atoms with E-state index >= 15 is 0 Å². The predicted molar refractivity (Wildman–Crippen MR) is 42.2 cm³/mol. The van der Waals surface area contributed by atoms with Crippen LogP contribution in [0.1, 0.15) is 0 Å². The predicted octanol–water partition coefficient (Wildman–Crippen LogP) is -2.17. The van der Waals surface area contributed by atoms with Gasteiger partial charge in [-0.25, -0.2) is 0 Å². The average molecular weight is 261 g/mol. The van der Waals surface area contributed by atoms with E-state index in [2.05, 4.69) is 33.2 Å². The van der Waals surface area contributed by atoms with E-state index in [4.69, 9.17) is 0 Å². The van der Waals surface area contributed by atoms with Gasteiger partial charge in [0.15, 0.2) is 0 Å². The van der Waals surface area contributed by atoms with E-state index in [1.807, 2.05) is 0 Å². The Morgan fingerprint density at radius 1 is 1.64 bits per heavy atom. The maximum absolute atomic E-state index is 4.39. The molecule has 0 amide bonds. The minimum absolute atomic E-state index is 0.228.